The predicted molar refractivity (Wildman–Crippen MR) is 106 cm³/mol. The van der Waals surface area contributed by atoms with Gasteiger partial charge in [-0.1, -0.05) is 24.8 Å². The molecule has 0 saturated carbocycles. The maximum atomic E-state index is 12.2. The van der Waals surface area contributed by atoms with Crippen LogP contribution >= 0.6 is 0 Å². The van der Waals surface area contributed by atoms with Gasteiger partial charge in [-0.05, 0) is 42.3 Å². The number of rotatable bonds is 9. The number of carbonyl (C=O) groups excluding carboxylic acids is 1. The molecular formula is C22H21NO5. The summed E-state index contributed by atoms with van der Waals surface area (Å²) in [4.78, 5) is 23.4. The molecule has 3 aromatic rings. The number of hydrogen-bond acceptors (Lipinski definition) is 4. The van der Waals surface area contributed by atoms with Crippen LogP contribution in [0.5, 0.6) is 11.5 Å². The molecule has 0 aliphatic heterocycles. The van der Waals surface area contributed by atoms with Gasteiger partial charge in [0.2, 0.25) is 0 Å². The van der Waals surface area contributed by atoms with Crippen LogP contribution in [0.4, 0.5) is 0 Å². The monoisotopic (exact) mass is 379 g/mol. The van der Waals surface area contributed by atoms with Crippen molar-refractivity contribution in [2.24, 2.45) is 0 Å². The third-order valence-corrected chi connectivity index (χ3v) is 4.46. The summed E-state index contributed by atoms with van der Waals surface area (Å²) in [6, 6.07) is 13.1. The quantitative estimate of drug-likeness (QED) is 0.348. The normalized spacial score (nSPS) is 10.6. The van der Waals surface area contributed by atoms with E-state index in [1.54, 1.807) is 31.5 Å². The van der Waals surface area contributed by atoms with E-state index < -0.39 is 11.8 Å². The van der Waals surface area contributed by atoms with E-state index in [0.29, 0.717) is 24.3 Å². The summed E-state index contributed by atoms with van der Waals surface area (Å²) in [5.74, 6) is -1.07. The number of ketones is 1. The summed E-state index contributed by atoms with van der Waals surface area (Å²) in [5, 5.41) is 9.72. The number of Topliss-reactive ketones (excluding diaryl/α,β-unsaturated/α-hetero) is 1. The number of fused-ring (bicyclic) bond motifs is 1. The molecule has 0 aliphatic rings. The number of ether oxygens (including phenoxy) is 2. The van der Waals surface area contributed by atoms with Crippen molar-refractivity contribution in [2.45, 2.75) is 13.0 Å². The van der Waals surface area contributed by atoms with Gasteiger partial charge in [-0.2, -0.15) is 0 Å². The molecule has 1 N–H and O–H groups in total. The Morgan fingerprint density at radius 1 is 1.14 bits per heavy atom. The van der Waals surface area contributed by atoms with Crippen molar-refractivity contribution in [1.82, 2.24) is 4.57 Å². The number of carboxylic acids is 1. The minimum absolute atomic E-state index is 0.154. The molecule has 0 unspecified atom stereocenters. The number of carbonyl (C=O) groups is 2. The zero-order valence-electron chi connectivity index (χ0n) is 15.6. The smallest absolute Gasteiger partial charge is 0.377 e. The average Bonchev–Trinajstić information content (AvgIpc) is 3.08. The molecule has 28 heavy (non-hydrogen) atoms. The van der Waals surface area contributed by atoms with Crippen molar-refractivity contribution in [2.75, 3.05) is 13.7 Å². The second kappa shape index (κ2) is 8.43. The minimum atomic E-state index is -1.48. The number of carboxylic acid groups (broad SMARTS) is 1. The molecule has 0 amide bonds. The molecule has 3 rings (SSSR count). The number of benzene rings is 2. The van der Waals surface area contributed by atoms with E-state index >= 15 is 0 Å². The predicted octanol–water partition coefficient (Wildman–Crippen LogP) is 3.72. The van der Waals surface area contributed by atoms with E-state index in [1.807, 2.05) is 34.9 Å². The number of aliphatic carboxylic acids is 1. The summed E-state index contributed by atoms with van der Waals surface area (Å²) in [5.41, 5.74) is 2.05. The van der Waals surface area contributed by atoms with Gasteiger partial charge in [-0.15, -0.1) is 0 Å². The molecule has 1 heterocycles. The number of nitrogens with zero attached hydrogens (tertiary/aromatic N) is 1. The van der Waals surface area contributed by atoms with Crippen LogP contribution < -0.4 is 9.47 Å². The van der Waals surface area contributed by atoms with Crippen molar-refractivity contribution < 1.29 is 24.2 Å². The van der Waals surface area contributed by atoms with Gasteiger partial charge in [-0.25, -0.2) is 4.79 Å². The summed E-state index contributed by atoms with van der Waals surface area (Å²) in [7, 11) is 1.62. The Morgan fingerprint density at radius 2 is 1.86 bits per heavy atom. The second-order valence-electron chi connectivity index (χ2n) is 6.25. The SMILES string of the molecule is C=CCOc1ccc2c(c1)c(C(=O)C(=O)O)cn2CCc1ccc(OC)cc1. The van der Waals surface area contributed by atoms with Crippen molar-refractivity contribution in [1.29, 1.82) is 0 Å². The van der Waals surface area contributed by atoms with Gasteiger partial charge in [-0.3, -0.25) is 4.79 Å². The first-order valence-electron chi connectivity index (χ1n) is 8.80. The third kappa shape index (κ3) is 4.06. The number of aromatic nitrogens is 1. The maximum Gasteiger partial charge on any atom is 0.377 e. The van der Waals surface area contributed by atoms with Gasteiger partial charge in [0.15, 0.2) is 0 Å². The number of hydrogen-bond donors (Lipinski definition) is 1. The molecule has 0 bridgehead atoms. The lowest BCUT2D eigenvalue weighted by molar-refractivity contribution is -0.131. The molecule has 0 saturated heterocycles. The topological polar surface area (TPSA) is 77.8 Å². The van der Waals surface area contributed by atoms with Crippen molar-refractivity contribution in [3.05, 3.63) is 72.4 Å². The highest BCUT2D eigenvalue weighted by Gasteiger charge is 2.21. The summed E-state index contributed by atoms with van der Waals surface area (Å²) < 4.78 is 12.6. The van der Waals surface area contributed by atoms with Gasteiger partial charge >= 0.3 is 5.97 Å². The fourth-order valence-electron chi connectivity index (χ4n) is 3.04. The maximum absolute atomic E-state index is 12.2. The van der Waals surface area contributed by atoms with Crippen LogP contribution in [-0.4, -0.2) is 35.1 Å². The van der Waals surface area contributed by atoms with Gasteiger partial charge in [0.05, 0.1) is 12.7 Å². The molecule has 0 fully saturated rings. The van der Waals surface area contributed by atoms with Crippen LogP contribution in [0.25, 0.3) is 10.9 Å². The van der Waals surface area contributed by atoms with Crippen molar-refractivity contribution in [3.8, 4) is 11.5 Å². The Morgan fingerprint density at radius 3 is 2.50 bits per heavy atom. The van der Waals surface area contributed by atoms with Crippen LogP contribution in [-0.2, 0) is 17.8 Å². The Hall–Kier alpha value is -3.54. The van der Waals surface area contributed by atoms with Crippen molar-refractivity contribution in [3.63, 3.8) is 0 Å². The molecule has 0 spiro atoms. The van der Waals surface area contributed by atoms with E-state index in [1.165, 1.54) is 0 Å². The lowest BCUT2D eigenvalue weighted by Crippen LogP contribution is -2.12. The first-order chi connectivity index (χ1) is 13.5. The third-order valence-electron chi connectivity index (χ3n) is 4.46. The largest absolute Gasteiger partial charge is 0.497 e. The van der Waals surface area contributed by atoms with Crippen LogP contribution in [0.3, 0.4) is 0 Å². The zero-order valence-corrected chi connectivity index (χ0v) is 15.6. The fraction of sp³-hybridized carbons (Fsp3) is 0.182. The Bertz CT molecular complexity index is 1020. The van der Waals surface area contributed by atoms with Crippen LogP contribution in [0.1, 0.15) is 15.9 Å². The van der Waals surface area contributed by atoms with Crippen LogP contribution in [0.2, 0.25) is 0 Å². The molecule has 0 radical (unpaired) electrons. The number of aryl methyl sites for hydroxylation is 2. The molecule has 6 nitrogen and oxygen atoms in total. The Kier molecular flexibility index (Phi) is 5.79. The van der Waals surface area contributed by atoms with E-state index in [4.69, 9.17) is 14.6 Å². The molecule has 0 atom stereocenters. The lowest BCUT2D eigenvalue weighted by Gasteiger charge is -2.08. The Balaban J connectivity index is 1.93. The molecule has 6 heteroatoms. The highest BCUT2D eigenvalue weighted by atomic mass is 16.5. The summed E-state index contributed by atoms with van der Waals surface area (Å²) in [6.07, 6.45) is 3.94. The highest BCUT2D eigenvalue weighted by molar-refractivity contribution is 6.42. The van der Waals surface area contributed by atoms with Crippen molar-refractivity contribution >= 4 is 22.7 Å². The summed E-state index contributed by atoms with van der Waals surface area (Å²) in [6.45, 7) is 4.53. The average molecular weight is 379 g/mol. The van der Waals surface area contributed by atoms with E-state index in [9.17, 15) is 9.59 Å². The first kappa shape index (κ1) is 19.2. The zero-order chi connectivity index (χ0) is 20.1. The standard InChI is InChI=1S/C22H21NO5/c1-3-12-28-17-8-9-20-18(13-17)19(21(24)22(25)26)14-23(20)11-10-15-4-6-16(27-2)7-5-15/h3-9,13-14H,1,10-12H2,2H3,(H,25,26). The number of methoxy groups -OCH3 is 1. The lowest BCUT2D eigenvalue weighted by atomic mass is 10.1. The molecular weight excluding hydrogens is 358 g/mol. The minimum Gasteiger partial charge on any atom is -0.497 e. The fourth-order valence-corrected chi connectivity index (χ4v) is 3.04. The highest BCUT2D eigenvalue weighted by Crippen LogP contribution is 2.27. The molecule has 0 aliphatic carbocycles. The molecule has 1 aromatic heterocycles. The van der Waals surface area contributed by atoms with Crippen LogP contribution in [0, 0.1) is 0 Å². The molecule has 2 aromatic carbocycles. The van der Waals surface area contributed by atoms with Gasteiger partial charge in [0, 0.05) is 23.6 Å². The van der Waals surface area contributed by atoms with Gasteiger partial charge in [0.1, 0.15) is 18.1 Å². The molecule has 144 valence electrons. The van der Waals surface area contributed by atoms with Gasteiger partial charge in [0.25, 0.3) is 5.78 Å². The van der Waals surface area contributed by atoms with E-state index in [-0.39, 0.29) is 5.56 Å². The van der Waals surface area contributed by atoms with Gasteiger partial charge < -0.3 is 19.1 Å². The summed E-state index contributed by atoms with van der Waals surface area (Å²) >= 11 is 0. The van der Waals surface area contributed by atoms with Crippen LogP contribution in [0.15, 0.2) is 61.3 Å². The Labute approximate surface area is 162 Å². The second-order valence-corrected chi connectivity index (χ2v) is 6.25. The van der Waals surface area contributed by atoms with E-state index in [2.05, 4.69) is 6.58 Å². The first-order valence-corrected chi connectivity index (χ1v) is 8.80. The van der Waals surface area contributed by atoms with E-state index in [0.717, 1.165) is 23.3 Å².